The number of anilines is 1. The smallest absolute Gasteiger partial charge is 0.255 e. The summed E-state index contributed by atoms with van der Waals surface area (Å²) in [6.45, 7) is 13.0. The molecule has 0 unspecified atom stereocenters. The molecule has 5 heterocycles. The van der Waals surface area contributed by atoms with Gasteiger partial charge in [-0.1, -0.05) is 77.1 Å². The van der Waals surface area contributed by atoms with E-state index in [4.69, 9.17) is 4.98 Å². The number of benzene rings is 3. The van der Waals surface area contributed by atoms with Gasteiger partial charge in [-0.2, -0.15) is 5.10 Å². The Bertz CT molecular complexity index is 2900. The van der Waals surface area contributed by atoms with Crippen LogP contribution >= 0.6 is 11.3 Å². The fourth-order valence-electron chi connectivity index (χ4n) is 10.1. The third kappa shape index (κ3) is 14.0. The molecule has 0 saturated carbocycles. The second kappa shape index (κ2) is 24.7. The van der Waals surface area contributed by atoms with E-state index in [1.165, 1.54) is 17.7 Å². The zero-order valence-electron chi connectivity index (χ0n) is 43.5. The van der Waals surface area contributed by atoms with Crippen LogP contribution in [0.2, 0.25) is 0 Å². The van der Waals surface area contributed by atoms with Crippen LogP contribution in [0, 0.1) is 12.3 Å². The third-order valence-electron chi connectivity index (χ3n) is 14.4. The van der Waals surface area contributed by atoms with Crippen molar-refractivity contribution < 1.29 is 29.1 Å². The van der Waals surface area contributed by atoms with Gasteiger partial charge in [0.2, 0.25) is 23.6 Å². The number of aliphatic hydroxyl groups excluding tert-OH is 1. The van der Waals surface area contributed by atoms with Crippen molar-refractivity contribution >= 4 is 68.5 Å². The minimum atomic E-state index is -0.865. The number of carbonyl (C=O) groups excluding carboxylic acids is 5. The van der Waals surface area contributed by atoms with Crippen LogP contribution < -0.4 is 21.3 Å². The van der Waals surface area contributed by atoms with Gasteiger partial charge in [-0.25, -0.2) is 9.97 Å². The maximum atomic E-state index is 14.0. The average molecular weight is 1030 g/mol. The van der Waals surface area contributed by atoms with Crippen molar-refractivity contribution in [2.45, 2.75) is 156 Å². The minimum Gasteiger partial charge on any atom is -0.391 e. The van der Waals surface area contributed by atoms with Gasteiger partial charge in [0.15, 0.2) is 0 Å². The van der Waals surface area contributed by atoms with E-state index in [9.17, 15) is 29.1 Å². The quantitative estimate of drug-likeness (QED) is 0.0340. The third-order valence-corrected chi connectivity index (χ3v) is 15.4. The number of aliphatic hydroxyl groups is 1. The Morgan fingerprint density at radius 2 is 1.65 bits per heavy atom. The van der Waals surface area contributed by atoms with Crippen LogP contribution in [0.4, 0.5) is 5.69 Å². The number of rotatable bonds is 23. The minimum absolute atomic E-state index is 0.00385. The standard InChI is InChI=1S/C56H73N11O6S/c1-36-14-13-26-65(36)34-48-62-44-23-22-42(29-45(44)63-48)61-53(71)40-21-24-46-41(28-40)32-60-67(46)27-25-57-49(69)15-11-9-7-6-8-10-12-16-50(70)64-52(56(3,4)5)55(73)66-33-43(68)30-47(66)54(72)58-31-38-17-19-39(20-18-38)51-37(2)59-35-74-51/h17-24,28-29,32,35-36,43,47,52,68H,6-16,25-27,30-31,33-34H2,1-5H3,(H,57,69)(H,58,72)(H,61,71)(H,62,63)(H,64,70)/t36-,43+,47-,52+/m0/s1. The fraction of sp³-hybridized carbons (Fsp3) is 0.500. The lowest BCUT2D eigenvalue weighted by Gasteiger charge is -2.35. The predicted molar refractivity (Wildman–Crippen MR) is 289 cm³/mol. The molecule has 2 aliphatic heterocycles. The van der Waals surface area contributed by atoms with Gasteiger partial charge in [0, 0.05) is 61.6 Å². The van der Waals surface area contributed by atoms with Crippen molar-refractivity contribution in [3.63, 3.8) is 0 Å². The number of fused-ring (bicyclic) bond motifs is 2. The van der Waals surface area contributed by atoms with E-state index >= 15 is 0 Å². The van der Waals surface area contributed by atoms with Gasteiger partial charge in [-0.05, 0) is 99.0 Å². The number of nitrogens with zero attached hydrogens (tertiary/aromatic N) is 6. The van der Waals surface area contributed by atoms with Crippen LogP contribution in [0.25, 0.3) is 32.4 Å². The Kier molecular flexibility index (Phi) is 17.9. The summed E-state index contributed by atoms with van der Waals surface area (Å²) in [5.74, 6) is -0.205. The van der Waals surface area contributed by atoms with E-state index in [2.05, 4.69) is 48.2 Å². The van der Waals surface area contributed by atoms with Crippen molar-refractivity contribution in [3.8, 4) is 10.4 Å². The van der Waals surface area contributed by atoms with Crippen LogP contribution in [-0.2, 0) is 38.8 Å². The van der Waals surface area contributed by atoms with Crippen LogP contribution in [0.5, 0.6) is 0 Å². The monoisotopic (exact) mass is 1030 g/mol. The van der Waals surface area contributed by atoms with Gasteiger partial charge >= 0.3 is 0 Å². The number of imidazole rings is 1. The molecule has 3 aromatic carbocycles. The number of H-pyrrole nitrogens is 1. The summed E-state index contributed by atoms with van der Waals surface area (Å²) >= 11 is 1.58. The van der Waals surface area contributed by atoms with E-state index < -0.39 is 23.6 Å². The molecule has 3 aromatic heterocycles. The molecule has 6 aromatic rings. The second-order valence-corrected chi connectivity index (χ2v) is 22.1. The van der Waals surface area contributed by atoms with Gasteiger partial charge in [-0.3, -0.25) is 33.6 Å². The summed E-state index contributed by atoms with van der Waals surface area (Å²) < 4.78 is 1.84. The number of β-amino-alcohol motifs (C(OH)–C–C–N with tert-alkyl or cyclic N) is 1. The zero-order chi connectivity index (χ0) is 52.4. The number of carbonyl (C=O) groups is 5. The first-order valence-electron chi connectivity index (χ1n) is 26.4. The molecular formula is C56H73N11O6S. The zero-order valence-corrected chi connectivity index (χ0v) is 44.4. The van der Waals surface area contributed by atoms with Gasteiger partial charge in [0.05, 0.1) is 58.0 Å². The van der Waals surface area contributed by atoms with Crippen LogP contribution in [-0.4, -0.2) is 113 Å². The molecule has 2 saturated heterocycles. The molecule has 2 fully saturated rings. The molecule has 2 aliphatic rings. The highest BCUT2D eigenvalue weighted by Gasteiger charge is 2.44. The lowest BCUT2D eigenvalue weighted by atomic mass is 9.85. The maximum absolute atomic E-state index is 14.0. The number of hydrogen-bond acceptors (Lipinski definition) is 11. The summed E-state index contributed by atoms with van der Waals surface area (Å²) in [6.07, 6.45) is 10.4. The van der Waals surface area contributed by atoms with E-state index in [-0.39, 0.29) is 55.5 Å². The van der Waals surface area contributed by atoms with Crippen molar-refractivity contribution in [1.82, 2.24) is 50.5 Å². The normalized spacial score (nSPS) is 17.5. The number of aromatic amines is 1. The average Bonchev–Trinajstić information content (AvgIpc) is 4.24. The van der Waals surface area contributed by atoms with E-state index in [0.29, 0.717) is 43.2 Å². The van der Waals surface area contributed by atoms with Crippen molar-refractivity contribution in [3.05, 3.63) is 95.0 Å². The fourth-order valence-corrected chi connectivity index (χ4v) is 10.9. The highest BCUT2D eigenvalue weighted by atomic mass is 32.1. The SMILES string of the molecule is Cc1ncsc1-c1ccc(CNC(=O)[C@@H]2C[C@@H](O)CN2C(=O)[C@@H](NC(=O)CCCCCCCCCC(=O)NCCn2ncc3cc(C(=O)Nc4ccc5nc(CN6CCC[C@@H]6C)[nH]c5c4)ccc32)C(C)(C)C)cc1. The Morgan fingerprint density at radius 1 is 0.905 bits per heavy atom. The lowest BCUT2D eigenvalue weighted by molar-refractivity contribution is -0.144. The van der Waals surface area contributed by atoms with Gasteiger partial charge < -0.3 is 36.3 Å². The van der Waals surface area contributed by atoms with Gasteiger partial charge in [0.1, 0.15) is 17.9 Å². The number of amides is 5. The highest BCUT2D eigenvalue weighted by molar-refractivity contribution is 7.13. The molecule has 0 spiro atoms. The topological polar surface area (TPSA) is 220 Å². The number of unbranched alkanes of at least 4 members (excludes halogenated alkanes) is 6. The first kappa shape index (κ1) is 53.8. The van der Waals surface area contributed by atoms with Crippen molar-refractivity contribution in [2.24, 2.45) is 5.41 Å². The maximum Gasteiger partial charge on any atom is 0.255 e. The number of nitrogens with one attached hydrogen (secondary N) is 5. The Balaban J connectivity index is 0.681. The molecule has 8 rings (SSSR count). The molecule has 0 aliphatic carbocycles. The number of aromatic nitrogens is 5. The van der Waals surface area contributed by atoms with Crippen LogP contribution in [0.1, 0.15) is 132 Å². The van der Waals surface area contributed by atoms with E-state index in [0.717, 1.165) is 101 Å². The summed E-state index contributed by atoms with van der Waals surface area (Å²) in [5, 5.41) is 27.9. The number of likely N-dealkylation sites (tertiary alicyclic amines) is 2. The lowest BCUT2D eigenvalue weighted by Crippen LogP contribution is -2.57. The Labute approximate surface area is 437 Å². The first-order chi connectivity index (χ1) is 35.6. The highest BCUT2D eigenvalue weighted by Crippen LogP contribution is 2.29. The molecule has 17 nitrogen and oxygen atoms in total. The van der Waals surface area contributed by atoms with Crippen LogP contribution in [0.3, 0.4) is 0 Å². The molecule has 74 heavy (non-hydrogen) atoms. The summed E-state index contributed by atoms with van der Waals surface area (Å²) in [7, 11) is 0. The van der Waals surface area contributed by atoms with Crippen molar-refractivity contribution in [1.29, 1.82) is 0 Å². The molecule has 6 N–H and O–H groups in total. The molecule has 0 bridgehead atoms. The van der Waals surface area contributed by atoms with Gasteiger partial charge in [0.25, 0.3) is 5.91 Å². The van der Waals surface area contributed by atoms with Crippen LogP contribution in [0.15, 0.2) is 72.4 Å². The molecule has 5 amide bonds. The first-order valence-corrected chi connectivity index (χ1v) is 27.3. The number of hydrogen-bond donors (Lipinski definition) is 6. The molecular weight excluding hydrogens is 955 g/mol. The molecule has 4 atom stereocenters. The number of thiazole rings is 1. The molecule has 0 radical (unpaired) electrons. The summed E-state index contributed by atoms with van der Waals surface area (Å²) in [5.41, 5.74) is 7.99. The van der Waals surface area contributed by atoms with Gasteiger partial charge in [-0.15, -0.1) is 11.3 Å². The van der Waals surface area contributed by atoms with Crippen molar-refractivity contribution in [2.75, 3.05) is 25.0 Å². The largest absolute Gasteiger partial charge is 0.391 e. The molecule has 394 valence electrons. The summed E-state index contributed by atoms with van der Waals surface area (Å²) in [4.78, 5) is 84.1. The second-order valence-electron chi connectivity index (χ2n) is 21.2. The van der Waals surface area contributed by atoms with E-state index in [1.54, 1.807) is 23.6 Å². The van der Waals surface area contributed by atoms with E-state index in [1.807, 2.05) is 92.5 Å². The predicted octanol–water partition coefficient (Wildman–Crippen LogP) is 8.02. The Hall–Kier alpha value is -6.50. The summed E-state index contributed by atoms with van der Waals surface area (Å²) in [6, 6.07) is 18.0. The number of aryl methyl sites for hydroxylation is 1. The molecule has 18 heteroatoms. The Morgan fingerprint density at radius 3 is 2.35 bits per heavy atom.